The quantitative estimate of drug-likeness (QED) is 0.515. The largest absolute Gasteiger partial charge is 0.416 e. The number of halogens is 3. The summed E-state index contributed by atoms with van der Waals surface area (Å²) >= 11 is 2.65. The molecule has 1 fully saturated rings. The van der Waals surface area contributed by atoms with Crippen molar-refractivity contribution in [2.45, 2.75) is 31.0 Å². The first-order chi connectivity index (χ1) is 15.5. The van der Waals surface area contributed by atoms with Gasteiger partial charge in [0, 0.05) is 24.4 Å². The molecule has 0 radical (unpaired) electrons. The van der Waals surface area contributed by atoms with Crippen LogP contribution in [0.3, 0.4) is 0 Å². The van der Waals surface area contributed by atoms with Crippen LogP contribution >= 0.6 is 22.7 Å². The molecule has 0 spiro atoms. The zero-order valence-corrected chi connectivity index (χ0v) is 19.6. The number of rotatable bonds is 7. The van der Waals surface area contributed by atoms with Crippen LogP contribution in [0.2, 0.25) is 0 Å². The Bertz CT molecular complexity index is 1280. The number of aliphatic hydroxyl groups excluding tert-OH is 1. The van der Waals surface area contributed by atoms with Gasteiger partial charge >= 0.3 is 6.18 Å². The van der Waals surface area contributed by atoms with E-state index in [1.807, 2.05) is 12.3 Å². The number of hydrogen-bond donors (Lipinski definition) is 1. The smallest absolute Gasteiger partial charge is 0.389 e. The summed E-state index contributed by atoms with van der Waals surface area (Å²) in [6, 6.07) is 3.30. The van der Waals surface area contributed by atoms with Crippen molar-refractivity contribution >= 4 is 38.5 Å². The van der Waals surface area contributed by atoms with Crippen molar-refractivity contribution in [3.05, 3.63) is 50.9 Å². The van der Waals surface area contributed by atoms with Crippen LogP contribution in [0.25, 0.3) is 10.6 Å². The normalized spacial score (nSPS) is 15.5. The van der Waals surface area contributed by atoms with Gasteiger partial charge in [0.15, 0.2) is 0 Å². The minimum atomic E-state index is -4.55. The highest BCUT2D eigenvalue weighted by Gasteiger charge is 2.40. The highest BCUT2D eigenvalue weighted by molar-refractivity contribution is 7.89. The van der Waals surface area contributed by atoms with Gasteiger partial charge in [-0.2, -0.15) is 17.5 Å². The maximum atomic E-state index is 12.7. The molecule has 3 heterocycles. The van der Waals surface area contributed by atoms with Crippen molar-refractivity contribution in [3.8, 4) is 10.6 Å². The SMILES string of the molecule is Cc1nc(CO)sc1-c1csc(CC(=O)C2CN(S(=O)(=O)c3ccc(C(F)(F)F)cc3)C2)n1. The molecule has 33 heavy (non-hydrogen) atoms. The van der Waals surface area contributed by atoms with Gasteiger partial charge in [0.25, 0.3) is 0 Å². The molecule has 0 unspecified atom stereocenters. The minimum absolute atomic E-state index is 0.0196. The van der Waals surface area contributed by atoms with Crippen molar-refractivity contribution in [3.63, 3.8) is 0 Å². The molecule has 0 atom stereocenters. The highest BCUT2D eigenvalue weighted by Crippen LogP contribution is 2.33. The average Bonchev–Trinajstić information content (AvgIpc) is 3.32. The molecular formula is C20H18F3N3O4S3. The number of benzene rings is 1. The number of Topliss-reactive ketones (excluding diaryl/α,β-unsaturated/α-hetero) is 1. The molecule has 4 rings (SSSR count). The summed E-state index contributed by atoms with van der Waals surface area (Å²) in [5.41, 5.74) is 0.495. The fourth-order valence-corrected chi connectivity index (χ4v) is 6.64. The van der Waals surface area contributed by atoms with Gasteiger partial charge in [-0.3, -0.25) is 4.79 Å². The zero-order chi connectivity index (χ0) is 24.0. The second kappa shape index (κ2) is 8.87. The molecular weight excluding hydrogens is 499 g/mol. The number of thiazole rings is 2. The molecule has 2 aromatic heterocycles. The van der Waals surface area contributed by atoms with Crippen LogP contribution < -0.4 is 0 Å². The van der Waals surface area contributed by atoms with Crippen molar-refractivity contribution in [1.82, 2.24) is 14.3 Å². The zero-order valence-electron chi connectivity index (χ0n) is 17.2. The van der Waals surface area contributed by atoms with E-state index in [4.69, 9.17) is 0 Å². The lowest BCUT2D eigenvalue weighted by atomic mass is 9.96. The van der Waals surface area contributed by atoms with Gasteiger partial charge in [-0.25, -0.2) is 18.4 Å². The van der Waals surface area contributed by atoms with Gasteiger partial charge in [-0.1, -0.05) is 0 Å². The third-order valence-electron chi connectivity index (χ3n) is 5.21. The number of aromatic nitrogens is 2. The summed E-state index contributed by atoms with van der Waals surface area (Å²) < 4.78 is 64.4. The predicted octanol–water partition coefficient (Wildman–Crippen LogP) is 3.52. The lowest BCUT2D eigenvalue weighted by Gasteiger charge is -2.37. The summed E-state index contributed by atoms with van der Waals surface area (Å²) in [5, 5.41) is 12.2. The van der Waals surface area contributed by atoms with Gasteiger partial charge in [0.05, 0.1) is 39.8 Å². The number of alkyl halides is 3. The third kappa shape index (κ3) is 4.87. The first-order valence-electron chi connectivity index (χ1n) is 9.71. The summed E-state index contributed by atoms with van der Waals surface area (Å²) in [5.74, 6) is -0.639. The van der Waals surface area contributed by atoms with Crippen LogP contribution in [0.1, 0.15) is 21.3 Å². The molecule has 176 valence electrons. The van der Waals surface area contributed by atoms with Crippen LogP contribution in [0.15, 0.2) is 34.5 Å². The Morgan fingerprint density at radius 1 is 1.18 bits per heavy atom. The molecule has 1 N–H and O–H groups in total. The van der Waals surface area contributed by atoms with Crippen molar-refractivity contribution in [1.29, 1.82) is 0 Å². The number of aryl methyl sites for hydroxylation is 1. The molecule has 0 saturated carbocycles. The molecule has 7 nitrogen and oxygen atoms in total. The van der Waals surface area contributed by atoms with Gasteiger partial charge in [0.2, 0.25) is 10.0 Å². The Kier molecular flexibility index (Phi) is 6.44. The van der Waals surface area contributed by atoms with Crippen LogP contribution in [0.4, 0.5) is 13.2 Å². The molecule has 13 heteroatoms. The summed E-state index contributed by atoms with van der Waals surface area (Å²) in [6.45, 7) is 1.62. The maximum Gasteiger partial charge on any atom is 0.416 e. The van der Waals surface area contributed by atoms with Crippen LogP contribution in [-0.2, 0) is 34.0 Å². The van der Waals surface area contributed by atoms with Crippen molar-refractivity contribution in [2.75, 3.05) is 13.1 Å². The Balaban J connectivity index is 1.37. The average molecular weight is 518 g/mol. The lowest BCUT2D eigenvalue weighted by molar-refractivity contribution is -0.137. The van der Waals surface area contributed by atoms with E-state index in [1.165, 1.54) is 22.7 Å². The van der Waals surface area contributed by atoms with Crippen LogP contribution in [0.5, 0.6) is 0 Å². The van der Waals surface area contributed by atoms with E-state index < -0.39 is 27.7 Å². The van der Waals surface area contributed by atoms with E-state index >= 15 is 0 Å². The number of sulfonamides is 1. The molecule has 0 amide bonds. The van der Waals surface area contributed by atoms with E-state index in [-0.39, 0.29) is 36.8 Å². The molecule has 1 aliphatic rings. The van der Waals surface area contributed by atoms with Crippen molar-refractivity contribution in [2.24, 2.45) is 5.92 Å². The van der Waals surface area contributed by atoms with E-state index in [0.717, 1.165) is 39.1 Å². The number of aliphatic hydroxyl groups is 1. The summed E-state index contributed by atoms with van der Waals surface area (Å²) in [6.07, 6.45) is -4.49. The molecule has 1 aromatic carbocycles. The predicted molar refractivity (Wildman–Crippen MR) is 116 cm³/mol. The van der Waals surface area contributed by atoms with E-state index in [0.29, 0.717) is 15.7 Å². The molecule has 1 saturated heterocycles. The number of nitrogens with zero attached hydrogens (tertiary/aromatic N) is 3. The number of ketones is 1. The maximum absolute atomic E-state index is 12.7. The van der Waals surface area contributed by atoms with Gasteiger partial charge in [-0.05, 0) is 31.2 Å². The fourth-order valence-electron chi connectivity index (χ4n) is 3.35. The number of hydrogen-bond acceptors (Lipinski definition) is 8. The third-order valence-corrected chi connectivity index (χ3v) is 9.07. The molecule has 3 aromatic rings. The highest BCUT2D eigenvalue weighted by atomic mass is 32.2. The second-order valence-electron chi connectivity index (χ2n) is 7.49. The standard InChI is InChI=1S/C20H18F3N3O4S3/c1-11-19(32-18(9-27)24-11)15-10-31-17(25-15)6-16(28)12-7-26(8-12)33(29,30)14-4-2-13(3-5-14)20(21,22)23/h2-5,10,12,27H,6-9H2,1H3. The van der Waals surface area contributed by atoms with Crippen molar-refractivity contribution < 1.29 is 31.5 Å². The van der Waals surface area contributed by atoms with Gasteiger partial charge < -0.3 is 5.11 Å². The molecule has 1 aliphatic heterocycles. The van der Waals surface area contributed by atoms with E-state index in [9.17, 15) is 31.5 Å². The van der Waals surface area contributed by atoms with E-state index in [2.05, 4.69) is 9.97 Å². The van der Waals surface area contributed by atoms with Gasteiger partial charge in [-0.15, -0.1) is 22.7 Å². The Morgan fingerprint density at radius 2 is 1.85 bits per heavy atom. The van der Waals surface area contributed by atoms with E-state index in [1.54, 1.807) is 0 Å². The second-order valence-corrected chi connectivity index (χ2v) is 11.5. The summed E-state index contributed by atoms with van der Waals surface area (Å²) in [7, 11) is -3.97. The Morgan fingerprint density at radius 3 is 2.42 bits per heavy atom. The first-order valence-corrected chi connectivity index (χ1v) is 12.8. The Hall–Kier alpha value is -2.19. The number of carbonyl (C=O) groups excluding carboxylic acids is 1. The topological polar surface area (TPSA) is 100 Å². The number of carbonyl (C=O) groups is 1. The summed E-state index contributed by atoms with van der Waals surface area (Å²) in [4.78, 5) is 21.9. The monoisotopic (exact) mass is 517 g/mol. The lowest BCUT2D eigenvalue weighted by Crippen LogP contribution is -2.53. The first kappa shape index (κ1) is 24.0. The van der Waals surface area contributed by atoms with Gasteiger partial charge in [0.1, 0.15) is 15.8 Å². The molecule has 0 aliphatic carbocycles. The Labute approximate surface area is 195 Å². The van der Waals surface area contributed by atoms with Crippen LogP contribution in [0, 0.1) is 12.8 Å². The molecule has 0 bridgehead atoms. The van der Waals surface area contributed by atoms with Crippen LogP contribution in [-0.4, -0.2) is 46.7 Å². The minimum Gasteiger partial charge on any atom is -0.389 e. The fraction of sp³-hybridized carbons (Fsp3) is 0.350.